The van der Waals surface area contributed by atoms with Gasteiger partial charge in [0.25, 0.3) is 0 Å². The summed E-state index contributed by atoms with van der Waals surface area (Å²) >= 11 is 0. The van der Waals surface area contributed by atoms with Crippen LogP contribution in [-0.4, -0.2) is 19.9 Å². The Bertz CT molecular complexity index is 206. The zero-order chi connectivity index (χ0) is 6.85. The first-order valence-electron chi connectivity index (χ1n) is 2.83. The molecule has 0 amide bonds. The van der Waals surface area contributed by atoms with E-state index in [4.69, 9.17) is 5.11 Å². The first kappa shape index (κ1) is 6.07. The molecule has 0 spiro atoms. The lowest BCUT2D eigenvalue weighted by molar-refractivity contribution is 0.408. The smallest absolute Gasteiger partial charge is 0.314 e. The molecule has 9 heavy (non-hydrogen) atoms. The van der Waals surface area contributed by atoms with Gasteiger partial charge in [-0.3, -0.25) is 4.57 Å². The first-order chi connectivity index (χ1) is 4.25. The van der Waals surface area contributed by atoms with Gasteiger partial charge in [-0.25, -0.2) is 0 Å². The molecular weight excluding hydrogens is 118 g/mol. The van der Waals surface area contributed by atoms with Crippen LogP contribution >= 0.6 is 0 Å². The summed E-state index contributed by atoms with van der Waals surface area (Å²) in [6.07, 6.45) is 0.796. The van der Waals surface area contributed by atoms with Crippen LogP contribution in [0.15, 0.2) is 0 Å². The molecule has 4 heteroatoms. The Hall–Kier alpha value is -1.06. The summed E-state index contributed by atoms with van der Waals surface area (Å²) in [5.41, 5.74) is 0. The molecule has 1 aromatic rings. The first-order valence-corrected chi connectivity index (χ1v) is 2.83. The van der Waals surface area contributed by atoms with E-state index in [0.717, 1.165) is 12.2 Å². The quantitative estimate of drug-likeness (QED) is 0.581. The average molecular weight is 127 g/mol. The molecule has 0 aliphatic carbocycles. The van der Waals surface area contributed by atoms with E-state index in [9.17, 15) is 0 Å². The van der Waals surface area contributed by atoms with Crippen molar-refractivity contribution < 1.29 is 5.11 Å². The summed E-state index contributed by atoms with van der Waals surface area (Å²) in [4.78, 5) is 0. The van der Waals surface area contributed by atoms with Crippen molar-refractivity contribution in [3.8, 4) is 6.01 Å². The third-order valence-electron chi connectivity index (χ3n) is 1.26. The second kappa shape index (κ2) is 2.05. The Morgan fingerprint density at radius 3 is 2.44 bits per heavy atom. The van der Waals surface area contributed by atoms with Crippen molar-refractivity contribution in [2.24, 2.45) is 7.05 Å². The fourth-order valence-electron chi connectivity index (χ4n) is 0.660. The van der Waals surface area contributed by atoms with E-state index in [1.165, 1.54) is 0 Å². The van der Waals surface area contributed by atoms with Crippen molar-refractivity contribution >= 4 is 0 Å². The maximum absolute atomic E-state index is 8.86. The van der Waals surface area contributed by atoms with Gasteiger partial charge in [0.15, 0.2) is 0 Å². The topological polar surface area (TPSA) is 50.9 Å². The maximum Gasteiger partial charge on any atom is 0.314 e. The van der Waals surface area contributed by atoms with Crippen molar-refractivity contribution in [1.82, 2.24) is 14.8 Å². The Labute approximate surface area is 53.1 Å². The SMILES string of the molecule is CCc1nnc(O)n1C. The molecule has 1 rings (SSSR count). The van der Waals surface area contributed by atoms with E-state index in [0.29, 0.717) is 0 Å². The Balaban J connectivity index is 3.04. The molecule has 0 radical (unpaired) electrons. The molecule has 50 valence electrons. The van der Waals surface area contributed by atoms with Gasteiger partial charge in [0, 0.05) is 13.5 Å². The lowest BCUT2D eigenvalue weighted by atomic mass is 10.5. The molecule has 0 saturated carbocycles. The highest BCUT2D eigenvalue weighted by atomic mass is 16.3. The molecule has 0 aromatic carbocycles. The fourth-order valence-corrected chi connectivity index (χ4v) is 0.660. The number of nitrogens with zero attached hydrogens (tertiary/aromatic N) is 3. The Kier molecular flexibility index (Phi) is 1.38. The van der Waals surface area contributed by atoms with E-state index in [1.807, 2.05) is 6.92 Å². The number of aryl methyl sites for hydroxylation is 1. The predicted octanol–water partition coefficient (Wildman–Crippen LogP) is 0.0831. The predicted molar refractivity (Wildman–Crippen MR) is 32.0 cm³/mol. The van der Waals surface area contributed by atoms with E-state index in [1.54, 1.807) is 11.6 Å². The number of hydrogen-bond acceptors (Lipinski definition) is 3. The molecule has 0 unspecified atom stereocenters. The van der Waals surface area contributed by atoms with Crippen molar-refractivity contribution in [2.75, 3.05) is 0 Å². The summed E-state index contributed by atoms with van der Waals surface area (Å²) in [6, 6.07) is -0.0214. The van der Waals surface area contributed by atoms with Crippen LogP contribution in [0.5, 0.6) is 6.01 Å². The fraction of sp³-hybridized carbons (Fsp3) is 0.600. The van der Waals surface area contributed by atoms with Gasteiger partial charge in [-0.2, -0.15) is 0 Å². The number of rotatable bonds is 1. The van der Waals surface area contributed by atoms with E-state index in [2.05, 4.69) is 10.2 Å². The van der Waals surface area contributed by atoms with Crippen molar-refractivity contribution in [2.45, 2.75) is 13.3 Å². The molecule has 1 heterocycles. The van der Waals surface area contributed by atoms with Gasteiger partial charge in [-0.15, -0.1) is 5.10 Å². The van der Waals surface area contributed by atoms with Gasteiger partial charge in [0.2, 0.25) is 0 Å². The van der Waals surface area contributed by atoms with Crippen LogP contribution in [0.25, 0.3) is 0 Å². The third-order valence-corrected chi connectivity index (χ3v) is 1.26. The molecule has 0 bridgehead atoms. The summed E-state index contributed by atoms with van der Waals surface area (Å²) in [6.45, 7) is 1.96. The van der Waals surface area contributed by atoms with E-state index in [-0.39, 0.29) is 6.01 Å². The van der Waals surface area contributed by atoms with Crippen molar-refractivity contribution in [3.05, 3.63) is 5.82 Å². The van der Waals surface area contributed by atoms with Crippen LogP contribution < -0.4 is 0 Å². The zero-order valence-electron chi connectivity index (χ0n) is 5.50. The molecule has 1 N–H and O–H groups in total. The molecule has 0 atom stereocenters. The minimum absolute atomic E-state index is 0.0214. The van der Waals surface area contributed by atoms with Crippen molar-refractivity contribution in [3.63, 3.8) is 0 Å². The highest BCUT2D eigenvalue weighted by Gasteiger charge is 2.01. The van der Waals surface area contributed by atoms with Crippen LogP contribution in [-0.2, 0) is 13.5 Å². The Morgan fingerprint density at radius 1 is 1.56 bits per heavy atom. The van der Waals surface area contributed by atoms with Gasteiger partial charge in [0.05, 0.1) is 0 Å². The number of hydrogen-bond donors (Lipinski definition) is 1. The van der Waals surface area contributed by atoms with Crippen LogP contribution in [0, 0.1) is 0 Å². The van der Waals surface area contributed by atoms with Crippen LogP contribution in [0.1, 0.15) is 12.7 Å². The second-order valence-electron chi connectivity index (χ2n) is 1.83. The average Bonchev–Trinajstić information content (AvgIpc) is 2.15. The normalized spacial score (nSPS) is 10.0. The zero-order valence-corrected chi connectivity index (χ0v) is 5.50. The molecule has 4 nitrogen and oxygen atoms in total. The molecular formula is C5H9N3O. The van der Waals surface area contributed by atoms with E-state index >= 15 is 0 Å². The minimum Gasteiger partial charge on any atom is -0.479 e. The largest absolute Gasteiger partial charge is 0.479 e. The van der Waals surface area contributed by atoms with Crippen LogP contribution in [0.3, 0.4) is 0 Å². The van der Waals surface area contributed by atoms with Crippen LogP contribution in [0.2, 0.25) is 0 Å². The molecule has 1 aromatic heterocycles. The summed E-state index contributed by atoms with van der Waals surface area (Å²) in [5, 5.41) is 16.0. The lowest BCUT2D eigenvalue weighted by Gasteiger charge is -1.93. The number of aromatic nitrogens is 3. The highest BCUT2D eigenvalue weighted by molar-refractivity contribution is 4.96. The number of aromatic hydroxyl groups is 1. The second-order valence-corrected chi connectivity index (χ2v) is 1.83. The maximum atomic E-state index is 8.86. The highest BCUT2D eigenvalue weighted by Crippen LogP contribution is 2.03. The summed E-state index contributed by atoms with van der Waals surface area (Å²) in [5.74, 6) is 0.799. The Morgan fingerprint density at radius 2 is 2.22 bits per heavy atom. The monoisotopic (exact) mass is 127 g/mol. The molecule has 0 aliphatic rings. The van der Waals surface area contributed by atoms with Crippen LogP contribution in [0.4, 0.5) is 0 Å². The minimum atomic E-state index is -0.0214. The van der Waals surface area contributed by atoms with Gasteiger partial charge in [0.1, 0.15) is 5.82 Å². The molecule has 0 saturated heterocycles. The van der Waals surface area contributed by atoms with Gasteiger partial charge in [-0.1, -0.05) is 12.0 Å². The van der Waals surface area contributed by atoms with E-state index < -0.39 is 0 Å². The standard InChI is InChI=1S/C5H9N3O/c1-3-4-6-7-5(9)8(4)2/h3H2,1-2H3,(H,7,9). The lowest BCUT2D eigenvalue weighted by Crippen LogP contribution is -1.94. The van der Waals surface area contributed by atoms with Crippen molar-refractivity contribution in [1.29, 1.82) is 0 Å². The molecule has 0 fully saturated rings. The summed E-state index contributed by atoms with van der Waals surface area (Å²) in [7, 11) is 1.73. The van der Waals surface area contributed by atoms with Gasteiger partial charge >= 0.3 is 6.01 Å². The summed E-state index contributed by atoms with van der Waals surface area (Å²) < 4.78 is 1.56. The van der Waals surface area contributed by atoms with Gasteiger partial charge in [-0.05, 0) is 0 Å². The van der Waals surface area contributed by atoms with Gasteiger partial charge < -0.3 is 5.11 Å². The third kappa shape index (κ3) is 0.872. The molecule has 0 aliphatic heterocycles.